The fourth-order valence-corrected chi connectivity index (χ4v) is 4.99. The van der Waals surface area contributed by atoms with Crippen LogP contribution in [0.2, 0.25) is 0 Å². The number of carbonyl (C=O) groups is 2. The molecule has 11 nitrogen and oxygen atoms in total. The predicted molar refractivity (Wildman–Crippen MR) is 96.0 cm³/mol. The van der Waals surface area contributed by atoms with Crippen LogP contribution in [-0.4, -0.2) is 55.3 Å². The molecule has 28 heavy (non-hydrogen) atoms. The number of nitro groups is 1. The van der Waals surface area contributed by atoms with E-state index >= 15 is 0 Å². The quantitative estimate of drug-likeness (QED) is 0.281. The molecule has 1 saturated heterocycles. The van der Waals surface area contributed by atoms with Gasteiger partial charge in [-0.3, -0.25) is 33.3 Å². The van der Waals surface area contributed by atoms with Crippen LogP contribution in [0.4, 0.5) is 0 Å². The first-order chi connectivity index (χ1) is 13.1. The number of methoxy groups -OCH3 is 1. The van der Waals surface area contributed by atoms with Gasteiger partial charge in [0.15, 0.2) is 6.10 Å². The van der Waals surface area contributed by atoms with Crippen LogP contribution in [0.3, 0.4) is 0 Å². The topological polar surface area (TPSA) is 143 Å². The lowest BCUT2D eigenvalue weighted by Crippen LogP contribution is -2.50. The Labute approximate surface area is 163 Å². The highest BCUT2D eigenvalue weighted by atomic mass is 31.2. The first-order valence-corrected chi connectivity index (χ1v) is 10.6. The highest BCUT2D eigenvalue weighted by Crippen LogP contribution is 2.58. The van der Waals surface area contributed by atoms with Crippen molar-refractivity contribution >= 4 is 19.7 Å². The molecular formula is C16H27N2O9P. The zero-order valence-electron chi connectivity index (χ0n) is 16.3. The second-order valence-electron chi connectivity index (χ2n) is 7.63. The normalized spacial score (nSPS) is 32.3. The van der Waals surface area contributed by atoms with Gasteiger partial charge in [-0.05, 0) is 12.8 Å². The first-order valence-electron chi connectivity index (χ1n) is 9.16. The number of ether oxygens (including phenoxy) is 1. The molecule has 0 spiro atoms. The average molecular weight is 422 g/mol. The van der Waals surface area contributed by atoms with Gasteiger partial charge >= 0.3 is 13.8 Å². The maximum atomic E-state index is 12.9. The maximum Gasteiger partial charge on any atom is 0.475 e. The van der Waals surface area contributed by atoms with Crippen molar-refractivity contribution in [3.63, 3.8) is 0 Å². The van der Waals surface area contributed by atoms with Crippen molar-refractivity contribution in [2.75, 3.05) is 20.3 Å². The molecule has 2 aliphatic rings. The molecule has 2 rings (SSSR count). The number of amides is 1. The lowest BCUT2D eigenvalue weighted by atomic mass is 9.87. The number of nitrogens with zero attached hydrogens (tertiary/aromatic N) is 1. The summed E-state index contributed by atoms with van der Waals surface area (Å²) >= 11 is 0. The Bertz CT molecular complexity index is 646. The summed E-state index contributed by atoms with van der Waals surface area (Å²) in [5, 5.41) is 13.4. The van der Waals surface area contributed by atoms with E-state index in [0.29, 0.717) is 25.7 Å². The van der Waals surface area contributed by atoms with Gasteiger partial charge in [0.2, 0.25) is 11.9 Å². The molecule has 0 bridgehead atoms. The third-order valence-electron chi connectivity index (χ3n) is 4.85. The van der Waals surface area contributed by atoms with Crippen LogP contribution >= 0.6 is 7.82 Å². The number of carbonyl (C=O) groups excluding carboxylic acids is 2. The zero-order chi connectivity index (χ0) is 20.9. The number of phosphoric acid groups is 1. The summed E-state index contributed by atoms with van der Waals surface area (Å²) in [5.41, 5.74) is -0.768. The molecule has 0 aromatic rings. The Balaban J connectivity index is 1.94. The van der Waals surface area contributed by atoms with Crippen molar-refractivity contribution in [2.24, 2.45) is 5.41 Å². The summed E-state index contributed by atoms with van der Waals surface area (Å²) in [5.74, 6) is -0.995. The molecule has 0 radical (unpaired) electrons. The Hall–Kier alpha value is -1.55. The van der Waals surface area contributed by atoms with E-state index in [2.05, 4.69) is 10.1 Å². The minimum Gasteiger partial charge on any atom is -0.469 e. The van der Waals surface area contributed by atoms with Gasteiger partial charge in [0, 0.05) is 29.7 Å². The van der Waals surface area contributed by atoms with Crippen molar-refractivity contribution in [3.05, 3.63) is 10.1 Å². The van der Waals surface area contributed by atoms with Gasteiger partial charge in [0.05, 0.1) is 26.2 Å². The van der Waals surface area contributed by atoms with E-state index in [1.165, 1.54) is 7.11 Å². The number of phosphoric ester groups is 1. The molecular weight excluding hydrogens is 395 g/mol. The van der Waals surface area contributed by atoms with E-state index in [4.69, 9.17) is 13.6 Å². The first kappa shape index (κ1) is 22.7. The summed E-state index contributed by atoms with van der Waals surface area (Å²) in [4.78, 5) is 34.2. The lowest BCUT2D eigenvalue weighted by Gasteiger charge is -2.40. The van der Waals surface area contributed by atoms with Crippen LogP contribution in [-0.2, 0) is 32.5 Å². The van der Waals surface area contributed by atoms with E-state index in [1.54, 1.807) is 13.8 Å². The fourth-order valence-electron chi connectivity index (χ4n) is 3.11. The number of rotatable bonds is 7. The molecule has 2 atom stereocenters. The van der Waals surface area contributed by atoms with E-state index in [0.717, 1.165) is 0 Å². The van der Waals surface area contributed by atoms with Crippen molar-refractivity contribution < 1.29 is 37.4 Å². The van der Waals surface area contributed by atoms with Crippen LogP contribution in [0.25, 0.3) is 0 Å². The molecule has 1 heterocycles. The Kier molecular flexibility index (Phi) is 7.55. The number of hydrogen-bond acceptors (Lipinski definition) is 9. The molecule has 1 amide bonds. The minimum atomic E-state index is -3.99. The number of nitrogens with one attached hydrogen (secondary N) is 1. The van der Waals surface area contributed by atoms with Crippen LogP contribution in [0.5, 0.6) is 0 Å². The monoisotopic (exact) mass is 422 g/mol. The Morgan fingerprint density at radius 3 is 2.50 bits per heavy atom. The van der Waals surface area contributed by atoms with Gasteiger partial charge in [0.1, 0.15) is 0 Å². The highest BCUT2D eigenvalue weighted by Gasteiger charge is 2.50. The Morgan fingerprint density at radius 1 is 1.29 bits per heavy atom. The van der Waals surface area contributed by atoms with Crippen molar-refractivity contribution in [1.29, 1.82) is 0 Å². The van der Waals surface area contributed by atoms with Crippen molar-refractivity contribution in [2.45, 2.75) is 64.2 Å². The van der Waals surface area contributed by atoms with Gasteiger partial charge in [-0.15, -0.1) is 0 Å². The molecule has 1 aliphatic carbocycles. The third kappa shape index (κ3) is 5.97. The maximum absolute atomic E-state index is 12.9. The summed E-state index contributed by atoms with van der Waals surface area (Å²) in [7, 11) is -2.74. The smallest absolute Gasteiger partial charge is 0.469 e. The molecule has 12 heteroatoms. The molecule has 1 aliphatic heterocycles. The van der Waals surface area contributed by atoms with Gasteiger partial charge in [-0.2, -0.15) is 0 Å². The largest absolute Gasteiger partial charge is 0.475 e. The van der Waals surface area contributed by atoms with E-state index in [-0.39, 0.29) is 24.5 Å². The van der Waals surface area contributed by atoms with E-state index in [1.807, 2.05) is 0 Å². The van der Waals surface area contributed by atoms with Crippen LogP contribution in [0.1, 0.15) is 46.0 Å². The second-order valence-corrected chi connectivity index (χ2v) is 9.21. The van der Waals surface area contributed by atoms with Crippen LogP contribution < -0.4 is 5.32 Å². The molecule has 2 fully saturated rings. The van der Waals surface area contributed by atoms with Gasteiger partial charge < -0.3 is 10.1 Å². The molecule has 0 aromatic carbocycles. The second kappa shape index (κ2) is 9.30. The molecule has 0 unspecified atom stereocenters. The predicted octanol–water partition coefficient (Wildman–Crippen LogP) is 1.82. The fraction of sp³-hybridized carbons (Fsp3) is 0.875. The number of hydrogen-bond donors (Lipinski definition) is 1. The summed E-state index contributed by atoms with van der Waals surface area (Å²) in [6.45, 7) is 3.48. The number of esters is 1. The molecule has 1 N–H and O–H groups in total. The van der Waals surface area contributed by atoms with Crippen LogP contribution in [0.15, 0.2) is 0 Å². The third-order valence-corrected chi connectivity index (χ3v) is 6.32. The van der Waals surface area contributed by atoms with Crippen molar-refractivity contribution in [3.8, 4) is 0 Å². The molecule has 1 saturated carbocycles. The summed E-state index contributed by atoms with van der Waals surface area (Å²) < 4.78 is 33.7. The van der Waals surface area contributed by atoms with Crippen molar-refractivity contribution in [1.82, 2.24) is 5.32 Å². The van der Waals surface area contributed by atoms with Gasteiger partial charge in [-0.25, -0.2) is 4.57 Å². The summed E-state index contributed by atoms with van der Waals surface area (Å²) in [6.07, 6.45) is -0.226. The zero-order valence-corrected chi connectivity index (χ0v) is 17.1. The van der Waals surface area contributed by atoms with Crippen LogP contribution in [0, 0.1) is 15.5 Å². The standard InChI is InChI=1S/C16H27N2O9P/c1-16(2)10-25-28(23,26-12-6-4-11(5-7-12)18(21)22)27-14(16)15(20)17-9-8-13(19)24-3/h11-12,14H,4-10H2,1-3H3,(H,17,20)/t11?,12?,14-,28+/m0/s1. The average Bonchev–Trinajstić information content (AvgIpc) is 2.64. The van der Waals surface area contributed by atoms with E-state index in [9.17, 15) is 24.3 Å². The minimum absolute atomic E-state index is 0.000262. The molecule has 0 aromatic heterocycles. The highest BCUT2D eigenvalue weighted by molar-refractivity contribution is 7.48. The summed E-state index contributed by atoms with van der Waals surface area (Å²) in [6, 6.07) is -0.624. The Morgan fingerprint density at radius 2 is 1.93 bits per heavy atom. The van der Waals surface area contributed by atoms with E-state index < -0.39 is 43.4 Å². The SMILES string of the molecule is COC(=O)CCNC(=O)[C@@H]1O[P@@](=O)(OC2CCC([N+](=O)[O-])CC2)OCC1(C)C. The lowest BCUT2D eigenvalue weighted by molar-refractivity contribution is -0.527. The van der Waals surface area contributed by atoms with Gasteiger partial charge in [-0.1, -0.05) is 13.8 Å². The molecule has 160 valence electrons. The van der Waals surface area contributed by atoms with Gasteiger partial charge in [0.25, 0.3) is 0 Å².